The Hall–Kier alpha value is -2.61. The molecule has 0 bridgehead atoms. The molecule has 0 radical (unpaired) electrons. The van der Waals surface area contributed by atoms with Gasteiger partial charge in [-0.1, -0.05) is 30.3 Å². The van der Waals surface area contributed by atoms with Crippen LogP contribution in [0.1, 0.15) is 25.3 Å². The van der Waals surface area contributed by atoms with Gasteiger partial charge in [-0.2, -0.15) is 5.26 Å². The van der Waals surface area contributed by atoms with Crippen LogP contribution in [0.15, 0.2) is 41.6 Å². The van der Waals surface area contributed by atoms with Crippen LogP contribution in [-0.4, -0.2) is 18.5 Å². The summed E-state index contributed by atoms with van der Waals surface area (Å²) in [5, 5.41) is 11.9. The first-order valence-electron chi connectivity index (χ1n) is 6.73. The Morgan fingerprint density at radius 1 is 1.38 bits per heavy atom. The van der Waals surface area contributed by atoms with E-state index in [9.17, 15) is 14.9 Å². The summed E-state index contributed by atoms with van der Waals surface area (Å²) in [6.07, 6.45) is 0. The Balaban J connectivity index is 2.56. The number of esters is 1. The Bertz CT molecular complexity index is 629. The van der Waals surface area contributed by atoms with Crippen molar-refractivity contribution in [1.82, 2.24) is 5.32 Å². The lowest BCUT2D eigenvalue weighted by atomic mass is 9.77. The molecule has 1 aliphatic heterocycles. The number of nitrogens with one attached hydrogen (secondary N) is 1. The molecule has 0 unspecified atom stereocenters. The number of amides is 1. The molecule has 0 aliphatic carbocycles. The van der Waals surface area contributed by atoms with Crippen molar-refractivity contribution in [2.45, 2.75) is 19.8 Å². The number of nitrogens with zero attached hydrogens (tertiary/aromatic N) is 1. The Morgan fingerprint density at radius 2 is 2.05 bits per heavy atom. The summed E-state index contributed by atoms with van der Waals surface area (Å²) in [5.74, 6) is -2.44. The summed E-state index contributed by atoms with van der Waals surface area (Å²) >= 11 is 0. The van der Waals surface area contributed by atoms with Crippen LogP contribution < -0.4 is 5.32 Å². The average molecular weight is 284 g/mol. The minimum absolute atomic E-state index is 0.238. The van der Waals surface area contributed by atoms with E-state index in [1.165, 1.54) is 0 Å². The zero-order valence-electron chi connectivity index (χ0n) is 11.9. The number of nitriles is 1. The fourth-order valence-electron chi connectivity index (χ4n) is 2.52. The summed E-state index contributed by atoms with van der Waals surface area (Å²) < 4.78 is 5.07. The second-order valence-electron chi connectivity index (χ2n) is 4.74. The van der Waals surface area contributed by atoms with Crippen LogP contribution in [0.5, 0.6) is 0 Å². The first kappa shape index (κ1) is 14.8. The van der Waals surface area contributed by atoms with Gasteiger partial charge in [-0.25, -0.2) is 4.79 Å². The lowest BCUT2D eigenvalue weighted by Crippen LogP contribution is -2.41. The van der Waals surface area contributed by atoms with Gasteiger partial charge in [0, 0.05) is 11.6 Å². The van der Waals surface area contributed by atoms with Crippen molar-refractivity contribution in [2.75, 3.05) is 6.61 Å². The molecule has 0 saturated heterocycles. The predicted molar refractivity (Wildman–Crippen MR) is 75.8 cm³/mol. The number of carbonyl (C=O) groups is 2. The smallest absolute Gasteiger partial charge is 0.336 e. The second-order valence-corrected chi connectivity index (χ2v) is 4.74. The molecule has 1 aromatic rings. The van der Waals surface area contributed by atoms with Crippen LogP contribution in [0.3, 0.4) is 0 Å². The monoisotopic (exact) mass is 284 g/mol. The third-order valence-electron chi connectivity index (χ3n) is 3.43. The Morgan fingerprint density at radius 3 is 2.62 bits per heavy atom. The number of rotatable bonds is 3. The predicted octanol–water partition coefficient (Wildman–Crippen LogP) is 1.88. The zero-order valence-corrected chi connectivity index (χ0v) is 11.9. The topological polar surface area (TPSA) is 79.2 Å². The van der Waals surface area contributed by atoms with Gasteiger partial charge < -0.3 is 10.1 Å². The SMILES string of the molecule is CCOC(=O)C1=C(C)NC(=O)[C@@H](C#N)[C@@H]1c1ccccc1. The van der Waals surface area contributed by atoms with Gasteiger partial charge in [0.05, 0.1) is 18.2 Å². The van der Waals surface area contributed by atoms with Crippen molar-refractivity contribution in [1.29, 1.82) is 5.26 Å². The van der Waals surface area contributed by atoms with E-state index in [4.69, 9.17) is 4.74 Å². The zero-order chi connectivity index (χ0) is 15.4. The molecule has 5 nitrogen and oxygen atoms in total. The largest absolute Gasteiger partial charge is 0.463 e. The molecule has 1 aromatic carbocycles. The molecule has 5 heteroatoms. The maximum atomic E-state index is 12.2. The van der Waals surface area contributed by atoms with E-state index >= 15 is 0 Å². The molecular weight excluding hydrogens is 268 g/mol. The number of hydrogen-bond acceptors (Lipinski definition) is 4. The lowest BCUT2D eigenvalue weighted by Gasteiger charge is -2.30. The van der Waals surface area contributed by atoms with Crippen LogP contribution in [0.25, 0.3) is 0 Å². The van der Waals surface area contributed by atoms with E-state index in [-0.39, 0.29) is 6.61 Å². The number of allylic oxidation sites excluding steroid dienone is 1. The summed E-state index contributed by atoms with van der Waals surface area (Å²) in [5.41, 5.74) is 1.54. The number of carbonyl (C=O) groups excluding carboxylic acids is 2. The quantitative estimate of drug-likeness (QED) is 0.859. The summed E-state index contributed by atoms with van der Waals surface area (Å²) in [7, 11) is 0. The van der Waals surface area contributed by atoms with Gasteiger partial charge in [0.2, 0.25) is 5.91 Å². The highest BCUT2D eigenvalue weighted by Crippen LogP contribution is 2.37. The van der Waals surface area contributed by atoms with Crippen molar-refractivity contribution in [2.24, 2.45) is 5.92 Å². The van der Waals surface area contributed by atoms with Crippen molar-refractivity contribution >= 4 is 11.9 Å². The Labute approximate surface area is 123 Å². The van der Waals surface area contributed by atoms with E-state index in [2.05, 4.69) is 5.32 Å². The van der Waals surface area contributed by atoms with Crippen LogP contribution in [0, 0.1) is 17.2 Å². The molecule has 108 valence electrons. The fraction of sp³-hybridized carbons (Fsp3) is 0.312. The first-order chi connectivity index (χ1) is 10.1. The van der Waals surface area contributed by atoms with Gasteiger partial charge >= 0.3 is 5.97 Å². The van der Waals surface area contributed by atoms with Crippen molar-refractivity contribution in [3.05, 3.63) is 47.2 Å². The normalized spacial score (nSPS) is 21.5. The van der Waals surface area contributed by atoms with Gasteiger partial charge in [-0.3, -0.25) is 4.79 Å². The highest BCUT2D eigenvalue weighted by molar-refractivity contribution is 5.97. The number of benzene rings is 1. The fourth-order valence-corrected chi connectivity index (χ4v) is 2.52. The molecule has 0 spiro atoms. The molecule has 1 amide bonds. The standard InChI is InChI=1S/C16H16N2O3/c1-3-21-16(20)13-10(2)18-15(19)12(9-17)14(13)11-7-5-4-6-8-11/h4-8,12,14H,3H2,1-2H3,(H,18,19)/t12-,14-/m0/s1. The van der Waals surface area contributed by atoms with Crippen LogP contribution in [0.4, 0.5) is 0 Å². The molecule has 1 N–H and O–H groups in total. The molecule has 1 heterocycles. The highest BCUT2D eigenvalue weighted by atomic mass is 16.5. The van der Waals surface area contributed by atoms with E-state index in [0.717, 1.165) is 5.56 Å². The maximum Gasteiger partial charge on any atom is 0.336 e. The Kier molecular flexibility index (Phi) is 4.39. The van der Waals surface area contributed by atoms with Crippen LogP contribution >= 0.6 is 0 Å². The van der Waals surface area contributed by atoms with E-state index in [1.807, 2.05) is 24.3 Å². The summed E-state index contributed by atoms with van der Waals surface area (Å²) in [6.45, 7) is 3.60. The summed E-state index contributed by atoms with van der Waals surface area (Å²) in [6, 6.07) is 11.1. The van der Waals surface area contributed by atoms with Gasteiger partial charge in [-0.05, 0) is 19.4 Å². The number of ether oxygens (including phenoxy) is 1. The molecule has 1 aliphatic rings. The van der Waals surface area contributed by atoms with Crippen molar-refractivity contribution in [3.8, 4) is 6.07 Å². The van der Waals surface area contributed by atoms with Crippen molar-refractivity contribution in [3.63, 3.8) is 0 Å². The van der Waals surface area contributed by atoms with Crippen LogP contribution in [0.2, 0.25) is 0 Å². The number of hydrogen-bond donors (Lipinski definition) is 1. The van der Waals surface area contributed by atoms with Crippen LogP contribution in [-0.2, 0) is 14.3 Å². The van der Waals surface area contributed by atoms with Gasteiger partial charge in [0.25, 0.3) is 0 Å². The van der Waals surface area contributed by atoms with E-state index in [0.29, 0.717) is 11.3 Å². The van der Waals surface area contributed by atoms with E-state index in [1.54, 1.807) is 26.0 Å². The van der Waals surface area contributed by atoms with Gasteiger partial charge in [0.1, 0.15) is 5.92 Å². The van der Waals surface area contributed by atoms with Gasteiger partial charge in [0.15, 0.2) is 0 Å². The molecule has 2 rings (SSSR count). The molecule has 21 heavy (non-hydrogen) atoms. The molecular formula is C16H16N2O3. The van der Waals surface area contributed by atoms with E-state index < -0.39 is 23.7 Å². The third-order valence-corrected chi connectivity index (χ3v) is 3.43. The lowest BCUT2D eigenvalue weighted by molar-refractivity contribution is -0.139. The minimum atomic E-state index is -0.949. The molecule has 0 saturated carbocycles. The second kappa shape index (κ2) is 6.23. The molecule has 0 fully saturated rings. The maximum absolute atomic E-state index is 12.2. The van der Waals surface area contributed by atoms with Gasteiger partial charge in [-0.15, -0.1) is 0 Å². The summed E-state index contributed by atoms with van der Waals surface area (Å²) in [4.78, 5) is 24.2. The first-order valence-corrected chi connectivity index (χ1v) is 6.73. The van der Waals surface area contributed by atoms with Crippen molar-refractivity contribution < 1.29 is 14.3 Å². The minimum Gasteiger partial charge on any atom is -0.463 e. The highest BCUT2D eigenvalue weighted by Gasteiger charge is 2.41. The molecule has 2 atom stereocenters. The molecule has 0 aromatic heterocycles. The third kappa shape index (κ3) is 2.79. The average Bonchev–Trinajstić information content (AvgIpc) is 2.47.